The van der Waals surface area contributed by atoms with E-state index >= 15 is 0 Å². The van der Waals surface area contributed by atoms with Crippen molar-refractivity contribution in [3.05, 3.63) is 0 Å². The molecule has 5 heteroatoms. The molecule has 4 nitrogen and oxygen atoms in total. The summed E-state index contributed by atoms with van der Waals surface area (Å²) in [5.41, 5.74) is 0.239. The molecular weight excluding hydrogens is 274 g/mol. The highest BCUT2D eigenvalue weighted by Gasteiger charge is 2.33. The molecule has 1 rings (SSSR count). The van der Waals surface area contributed by atoms with Crippen LogP contribution in [0.3, 0.4) is 0 Å². The van der Waals surface area contributed by atoms with Gasteiger partial charge in [-0.05, 0) is 18.3 Å². The number of halogens is 1. The van der Waals surface area contributed by atoms with E-state index in [0.29, 0.717) is 13.1 Å². The van der Waals surface area contributed by atoms with Crippen LogP contribution in [0.2, 0.25) is 0 Å². The Morgan fingerprint density at radius 2 is 1.69 bits per heavy atom. The van der Waals surface area contributed by atoms with Gasteiger partial charge in [0.25, 0.3) is 0 Å². The largest absolute Gasteiger partial charge is 0.395 e. The van der Waals surface area contributed by atoms with Gasteiger partial charge in [-0.25, -0.2) is 0 Å². The van der Waals surface area contributed by atoms with E-state index in [0.717, 1.165) is 37.9 Å². The van der Waals surface area contributed by atoms with Crippen molar-refractivity contribution in [2.24, 2.45) is 5.41 Å². The summed E-state index contributed by atoms with van der Waals surface area (Å²) in [5, 5.41) is 18.9. The number of hydrogen-bond acceptors (Lipinski definition) is 4. The quantitative estimate of drug-likeness (QED) is 0.670. The number of alkyl halides is 1. The lowest BCUT2D eigenvalue weighted by Gasteiger charge is -2.39. The maximum Gasteiger partial charge on any atom is 0.0558 e. The highest BCUT2D eigenvalue weighted by molar-refractivity contribution is 9.09. The van der Waals surface area contributed by atoms with Gasteiger partial charge in [0.05, 0.1) is 13.2 Å². The zero-order chi connectivity index (χ0) is 11.9. The molecule has 1 fully saturated rings. The molecule has 0 saturated carbocycles. The lowest BCUT2D eigenvalue weighted by molar-refractivity contribution is 0.00348. The molecule has 1 aliphatic heterocycles. The van der Waals surface area contributed by atoms with Crippen LogP contribution in [0.5, 0.6) is 0 Å². The van der Waals surface area contributed by atoms with Crippen molar-refractivity contribution in [1.29, 1.82) is 0 Å². The second kappa shape index (κ2) is 7.61. The molecule has 16 heavy (non-hydrogen) atoms. The van der Waals surface area contributed by atoms with E-state index in [1.54, 1.807) is 0 Å². The van der Waals surface area contributed by atoms with Gasteiger partial charge in [0, 0.05) is 38.2 Å². The van der Waals surface area contributed by atoms with Crippen molar-refractivity contribution >= 4 is 15.9 Å². The van der Waals surface area contributed by atoms with E-state index in [1.807, 2.05) is 0 Å². The molecule has 0 unspecified atom stereocenters. The van der Waals surface area contributed by atoms with Gasteiger partial charge in [-0.1, -0.05) is 15.9 Å². The molecule has 0 aromatic heterocycles. The number of nitrogens with zero attached hydrogens (tertiary/aromatic N) is 1. The van der Waals surface area contributed by atoms with Gasteiger partial charge >= 0.3 is 0 Å². The smallest absolute Gasteiger partial charge is 0.0558 e. The van der Waals surface area contributed by atoms with Gasteiger partial charge in [-0.3, -0.25) is 4.90 Å². The minimum Gasteiger partial charge on any atom is -0.395 e. The first kappa shape index (κ1) is 14.4. The predicted octanol–water partition coefficient (Wildman–Crippen LogP) is 0.465. The molecule has 1 saturated heterocycles. The van der Waals surface area contributed by atoms with Crippen LogP contribution in [0, 0.1) is 5.41 Å². The van der Waals surface area contributed by atoms with E-state index in [4.69, 9.17) is 14.9 Å². The van der Waals surface area contributed by atoms with Gasteiger partial charge in [0.2, 0.25) is 0 Å². The molecule has 0 spiro atoms. The van der Waals surface area contributed by atoms with E-state index in [9.17, 15) is 0 Å². The molecule has 96 valence electrons. The number of rotatable bonds is 7. The second-order valence-corrected chi connectivity index (χ2v) is 5.03. The van der Waals surface area contributed by atoms with Gasteiger partial charge < -0.3 is 14.9 Å². The van der Waals surface area contributed by atoms with Gasteiger partial charge in [-0.15, -0.1) is 0 Å². The first-order valence-electron chi connectivity index (χ1n) is 5.84. The Balaban J connectivity index is 2.50. The Morgan fingerprint density at radius 1 is 1.12 bits per heavy atom. The Hall–Kier alpha value is 0.320. The lowest BCUT2D eigenvalue weighted by atomic mass is 9.82. The summed E-state index contributed by atoms with van der Waals surface area (Å²) in [4.78, 5) is 2.13. The summed E-state index contributed by atoms with van der Waals surface area (Å²) in [7, 11) is 0. The van der Waals surface area contributed by atoms with Crippen molar-refractivity contribution < 1.29 is 14.9 Å². The fourth-order valence-corrected chi connectivity index (χ4v) is 2.90. The summed E-state index contributed by atoms with van der Waals surface area (Å²) >= 11 is 3.59. The average Bonchev–Trinajstić information content (AvgIpc) is 2.31. The zero-order valence-electron chi connectivity index (χ0n) is 9.70. The Kier molecular flexibility index (Phi) is 6.84. The molecular formula is C11H22BrNO3. The van der Waals surface area contributed by atoms with Crippen LogP contribution in [0.4, 0.5) is 0 Å². The molecule has 0 bridgehead atoms. The maximum atomic E-state index is 8.99. The Bertz CT molecular complexity index is 180. The highest BCUT2D eigenvalue weighted by Crippen LogP contribution is 2.33. The second-order valence-electron chi connectivity index (χ2n) is 4.47. The van der Waals surface area contributed by atoms with Crippen molar-refractivity contribution in [1.82, 2.24) is 4.90 Å². The number of ether oxygens (including phenoxy) is 1. The normalized spacial score (nSPS) is 20.2. The minimum absolute atomic E-state index is 0.148. The third-order valence-electron chi connectivity index (χ3n) is 3.23. The van der Waals surface area contributed by atoms with Crippen LogP contribution in [0.15, 0.2) is 0 Å². The summed E-state index contributed by atoms with van der Waals surface area (Å²) in [6.45, 7) is 4.12. The number of hydrogen-bond donors (Lipinski definition) is 2. The van der Waals surface area contributed by atoms with E-state index < -0.39 is 0 Å². The summed E-state index contributed by atoms with van der Waals surface area (Å²) < 4.78 is 5.39. The lowest BCUT2D eigenvalue weighted by Crippen LogP contribution is -2.44. The summed E-state index contributed by atoms with van der Waals surface area (Å²) in [6, 6.07) is 0. The fourth-order valence-electron chi connectivity index (χ4n) is 2.17. The Labute approximate surface area is 106 Å². The third kappa shape index (κ3) is 4.30. The third-order valence-corrected chi connectivity index (χ3v) is 4.42. The van der Waals surface area contributed by atoms with Gasteiger partial charge in [-0.2, -0.15) is 0 Å². The molecule has 0 aromatic rings. The summed E-state index contributed by atoms with van der Waals surface area (Å²) in [5.74, 6) is 0. The first-order chi connectivity index (χ1) is 7.76. The number of aliphatic hydroxyl groups excluding tert-OH is 2. The van der Waals surface area contributed by atoms with Crippen LogP contribution >= 0.6 is 15.9 Å². The van der Waals surface area contributed by atoms with Crippen molar-refractivity contribution in [3.63, 3.8) is 0 Å². The fraction of sp³-hybridized carbons (Fsp3) is 1.00. The topological polar surface area (TPSA) is 52.9 Å². The molecule has 0 radical (unpaired) electrons. The van der Waals surface area contributed by atoms with E-state index in [-0.39, 0.29) is 18.6 Å². The molecule has 0 aliphatic carbocycles. The van der Waals surface area contributed by atoms with Gasteiger partial charge in [0.15, 0.2) is 0 Å². The van der Waals surface area contributed by atoms with Crippen molar-refractivity contribution in [2.45, 2.75) is 12.8 Å². The maximum absolute atomic E-state index is 8.99. The standard InChI is InChI=1S/C11H22BrNO3/c12-9-11(1-7-16-8-2-11)10-13(3-5-14)4-6-15/h14-15H,1-10H2. The zero-order valence-corrected chi connectivity index (χ0v) is 11.3. The molecule has 0 atom stereocenters. The van der Waals surface area contributed by atoms with E-state index in [1.165, 1.54) is 0 Å². The van der Waals surface area contributed by atoms with Crippen LogP contribution in [-0.4, -0.2) is 66.5 Å². The molecule has 1 aliphatic rings. The minimum atomic E-state index is 0.148. The van der Waals surface area contributed by atoms with Crippen LogP contribution in [-0.2, 0) is 4.74 Å². The highest BCUT2D eigenvalue weighted by atomic mass is 79.9. The first-order valence-corrected chi connectivity index (χ1v) is 6.96. The SMILES string of the molecule is OCCN(CCO)CC1(CBr)CCOCC1. The monoisotopic (exact) mass is 295 g/mol. The average molecular weight is 296 g/mol. The Morgan fingerprint density at radius 3 is 2.12 bits per heavy atom. The van der Waals surface area contributed by atoms with Crippen molar-refractivity contribution in [2.75, 3.05) is 51.4 Å². The number of aliphatic hydroxyl groups is 2. The predicted molar refractivity (Wildman–Crippen MR) is 66.9 cm³/mol. The van der Waals surface area contributed by atoms with Crippen LogP contribution in [0.1, 0.15) is 12.8 Å². The molecule has 0 aromatic carbocycles. The molecule has 0 amide bonds. The molecule has 2 N–H and O–H groups in total. The van der Waals surface area contributed by atoms with E-state index in [2.05, 4.69) is 20.8 Å². The molecule has 1 heterocycles. The summed E-state index contributed by atoms with van der Waals surface area (Å²) in [6.07, 6.45) is 2.09. The van der Waals surface area contributed by atoms with Crippen molar-refractivity contribution in [3.8, 4) is 0 Å². The van der Waals surface area contributed by atoms with Gasteiger partial charge in [0.1, 0.15) is 0 Å². The van der Waals surface area contributed by atoms with Crippen LogP contribution < -0.4 is 0 Å². The van der Waals surface area contributed by atoms with Crippen LogP contribution in [0.25, 0.3) is 0 Å².